The normalized spacial score (nSPS) is 12.7. The van der Waals surface area contributed by atoms with Gasteiger partial charge in [-0.2, -0.15) is 0 Å². The summed E-state index contributed by atoms with van der Waals surface area (Å²) in [6.07, 6.45) is 3.30. The zero-order chi connectivity index (χ0) is 20.4. The Morgan fingerprint density at radius 2 is 1.93 bits per heavy atom. The standard InChI is InChI=1S/C21H20N4O4/c1-4-29-19-8-5-14(11-22-19)25-12-17-15(21(25)26)6-7-16(24-17)13-9-18(27-2)20(28-3)23-10-13/h5-11H,4,12H2,1-3H3. The first-order chi connectivity index (χ1) is 14.1. The molecule has 0 atom stereocenters. The second-order valence-corrected chi connectivity index (χ2v) is 6.31. The SMILES string of the molecule is CCOc1ccc(N2Cc3nc(-c4cnc(OC)c(OC)c4)ccc3C2=O)cn1. The van der Waals surface area contributed by atoms with Gasteiger partial charge in [-0.15, -0.1) is 0 Å². The van der Waals surface area contributed by atoms with Crippen molar-refractivity contribution in [2.24, 2.45) is 0 Å². The van der Waals surface area contributed by atoms with Crippen LogP contribution in [0.15, 0.2) is 42.7 Å². The summed E-state index contributed by atoms with van der Waals surface area (Å²) in [5.41, 5.74) is 3.47. The lowest BCUT2D eigenvalue weighted by molar-refractivity contribution is 0.0996. The van der Waals surface area contributed by atoms with E-state index in [9.17, 15) is 4.79 Å². The third kappa shape index (κ3) is 3.44. The van der Waals surface area contributed by atoms with Crippen molar-refractivity contribution in [2.75, 3.05) is 25.7 Å². The Morgan fingerprint density at radius 3 is 2.62 bits per heavy atom. The van der Waals surface area contributed by atoms with Crippen LogP contribution in [0.4, 0.5) is 5.69 Å². The summed E-state index contributed by atoms with van der Waals surface area (Å²) in [4.78, 5) is 27.6. The van der Waals surface area contributed by atoms with Gasteiger partial charge in [-0.25, -0.2) is 9.97 Å². The quantitative estimate of drug-likeness (QED) is 0.637. The van der Waals surface area contributed by atoms with Gasteiger partial charge in [0.25, 0.3) is 11.8 Å². The summed E-state index contributed by atoms with van der Waals surface area (Å²) in [5, 5.41) is 0. The lowest BCUT2D eigenvalue weighted by Gasteiger charge is -2.15. The van der Waals surface area contributed by atoms with Gasteiger partial charge in [0.05, 0.1) is 56.2 Å². The number of pyridine rings is 3. The van der Waals surface area contributed by atoms with Crippen molar-refractivity contribution in [2.45, 2.75) is 13.5 Å². The van der Waals surface area contributed by atoms with Gasteiger partial charge in [0.15, 0.2) is 5.75 Å². The Balaban J connectivity index is 1.62. The van der Waals surface area contributed by atoms with Crippen LogP contribution in [-0.4, -0.2) is 41.7 Å². The molecule has 1 amide bonds. The van der Waals surface area contributed by atoms with E-state index < -0.39 is 0 Å². The molecule has 4 rings (SSSR count). The Morgan fingerprint density at radius 1 is 1.07 bits per heavy atom. The molecule has 3 aromatic heterocycles. The summed E-state index contributed by atoms with van der Waals surface area (Å²) in [5.74, 6) is 1.35. The van der Waals surface area contributed by atoms with Crippen molar-refractivity contribution in [3.05, 3.63) is 54.0 Å². The summed E-state index contributed by atoms with van der Waals surface area (Å²) in [7, 11) is 3.09. The van der Waals surface area contributed by atoms with E-state index in [2.05, 4.69) is 15.0 Å². The van der Waals surface area contributed by atoms with E-state index in [1.807, 2.05) is 19.1 Å². The molecule has 0 radical (unpaired) electrons. The van der Waals surface area contributed by atoms with Gasteiger partial charge < -0.3 is 19.1 Å². The van der Waals surface area contributed by atoms with Crippen molar-refractivity contribution in [1.82, 2.24) is 15.0 Å². The fraction of sp³-hybridized carbons (Fsp3) is 0.238. The van der Waals surface area contributed by atoms with E-state index in [4.69, 9.17) is 14.2 Å². The van der Waals surface area contributed by atoms with E-state index in [1.165, 1.54) is 7.11 Å². The van der Waals surface area contributed by atoms with Gasteiger partial charge in [0.1, 0.15) is 0 Å². The zero-order valence-corrected chi connectivity index (χ0v) is 16.4. The fourth-order valence-electron chi connectivity index (χ4n) is 3.19. The number of aromatic nitrogens is 3. The van der Waals surface area contributed by atoms with Crippen molar-refractivity contribution in [1.29, 1.82) is 0 Å². The summed E-state index contributed by atoms with van der Waals surface area (Å²) in [6.45, 7) is 2.81. The first-order valence-corrected chi connectivity index (χ1v) is 9.13. The molecule has 0 spiro atoms. The number of anilines is 1. The number of rotatable bonds is 6. The summed E-state index contributed by atoms with van der Waals surface area (Å²) < 4.78 is 15.9. The molecular formula is C21H20N4O4. The van der Waals surface area contributed by atoms with E-state index in [0.717, 1.165) is 5.56 Å². The average Bonchev–Trinajstić information content (AvgIpc) is 3.10. The molecule has 4 heterocycles. The Hall–Kier alpha value is -3.68. The zero-order valence-electron chi connectivity index (χ0n) is 16.4. The summed E-state index contributed by atoms with van der Waals surface area (Å²) in [6, 6.07) is 8.98. The van der Waals surface area contributed by atoms with Crippen molar-refractivity contribution >= 4 is 11.6 Å². The molecule has 3 aromatic rings. The molecule has 0 N–H and O–H groups in total. The number of fused-ring (bicyclic) bond motifs is 1. The highest BCUT2D eigenvalue weighted by Crippen LogP contribution is 2.32. The minimum absolute atomic E-state index is 0.101. The second-order valence-electron chi connectivity index (χ2n) is 6.31. The minimum Gasteiger partial charge on any atom is -0.491 e. The summed E-state index contributed by atoms with van der Waals surface area (Å²) >= 11 is 0. The third-order valence-corrected chi connectivity index (χ3v) is 4.61. The van der Waals surface area contributed by atoms with Gasteiger partial charge in [-0.3, -0.25) is 9.78 Å². The van der Waals surface area contributed by atoms with Crippen LogP contribution >= 0.6 is 0 Å². The predicted octanol–water partition coefficient (Wildman–Crippen LogP) is 3.11. The van der Waals surface area contributed by atoms with Gasteiger partial charge >= 0.3 is 0 Å². The van der Waals surface area contributed by atoms with E-state index in [0.29, 0.717) is 53.3 Å². The molecule has 148 valence electrons. The first kappa shape index (κ1) is 18.7. The maximum Gasteiger partial charge on any atom is 0.260 e. The van der Waals surface area contributed by atoms with Crippen LogP contribution in [-0.2, 0) is 6.54 Å². The van der Waals surface area contributed by atoms with Crippen molar-refractivity contribution in [3.63, 3.8) is 0 Å². The van der Waals surface area contributed by atoms with Crippen LogP contribution in [0.1, 0.15) is 23.0 Å². The van der Waals surface area contributed by atoms with Crippen LogP contribution in [0.2, 0.25) is 0 Å². The van der Waals surface area contributed by atoms with E-state index >= 15 is 0 Å². The lowest BCUT2D eigenvalue weighted by Crippen LogP contribution is -2.23. The molecule has 0 bridgehead atoms. The third-order valence-electron chi connectivity index (χ3n) is 4.61. The topological polar surface area (TPSA) is 86.7 Å². The van der Waals surface area contributed by atoms with Gasteiger partial charge in [-0.05, 0) is 31.2 Å². The van der Waals surface area contributed by atoms with Crippen LogP contribution in [0.5, 0.6) is 17.5 Å². The van der Waals surface area contributed by atoms with Crippen LogP contribution < -0.4 is 19.1 Å². The van der Waals surface area contributed by atoms with Crippen molar-refractivity contribution < 1.29 is 19.0 Å². The highest BCUT2D eigenvalue weighted by Gasteiger charge is 2.30. The molecule has 0 aliphatic carbocycles. The number of hydrogen-bond donors (Lipinski definition) is 0. The smallest absolute Gasteiger partial charge is 0.260 e. The van der Waals surface area contributed by atoms with E-state index in [-0.39, 0.29) is 5.91 Å². The molecule has 8 nitrogen and oxygen atoms in total. The molecule has 0 aromatic carbocycles. The lowest BCUT2D eigenvalue weighted by atomic mass is 10.1. The molecule has 0 saturated heterocycles. The van der Waals surface area contributed by atoms with Crippen LogP contribution in [0.25, 0.3) is 11.3 Å². The second kappa shape index (κ2) is 7.75. The van der Waals surface area contributed by atoms with Gasteiger partial charge in [-0.1, -0.05) is 0 Å². The maximum atomic E-state index is 12.8. The molecule has 0 unspecified atom stereocenters. The molecule has 1 aliphatic heterocycles. The number of carbonyl (C=O) groups excluding carboxylic acids is 1. The van der Waals surface area contributed by atoms with E-state index in [1.54, 1.807) is 42.6 Å². The highest BCUT2D eigenvalue weighted by molar-refractivity contribution is 6.09. The van der Waals surface area contributed by atoms with Gasteiger partial charge in [0.2, 0.25) is 5.88 Å². The number of carbonyl (C=O) groups is 1. The monoisotopic (exact) mass is 392 g/mol. The Bertz CT molecular complexity index is 1050. The Labute approximate surface area is 168 Å². The average molecular weight is 392 g/mol. The fourth-order valence-corrected chi connectivity index (χ4v) is 3.19. The van der Waals surface area contributed by atoms with Gasteiger partial charge in [0, 0.05) is 17.8 Å². The molecule has 1 aliphatic rings. The minimum atomic E-state index is -0.101. The molecule has 29 heavy (non-hydrogen) atoms. The largest absolute Gasteiger partial charge is 0.491 e. The molecular weight excluding hydrogens is 372 g/mol. The Kier molecular flexibility index (Phi) is 4.99. The van der Waals surface area contributed by atoms with Crippen molar-refractivity contribution in [3.8, 4) is 28.8 Å². The van der Waals surface area contributed by atoms with Crippen LogP contribution in [0, 0.1) is 0 Å². The number of nitrogens with zero attached hydrogens (tertiary/aromatic N) is 4. The molecule has 0 fully saturated rings. The molecule has 0 saturated carbocycles. The number of amides is 1. The number of methoxy groups -OCH3 is 2. The predicted molar refractivity (Wildman–Crippen MR) is 106 cm³/mol. The highest BCUT2D eigenvalue weighted by atomic mass is 16.5. The maximum absolute atomic E-state index is 12.8. The number of ether oxygens (including phenoxy) is 3. The number of hydrogen-bond acceptors (Lipinski definition) is 7. The molecule has 8 heteroatoms. The van der Waals surface area contributed by atoms with Crippen LogP contribution in [0.3, 0.4) is 0 Å². The first-order valence-electron chi connectivity index (χ1n) is 9.13.